The van der Waals surface area contributed by atoms with Gasteiger partial charge in [0.2, 0.25) is 11.3 Å². The first-order valence-corrected chi connectivity index (χ1v) is 11.1. The highest BCUT2D eigenvalue weighted by Gasteiger charge is 2.73. The van der Waals surface area contributed by atoms with E-state index in [2.05, 4.69) is 6.58 Å². The third-order valence-corrected chi connectivity index (χ3v) is 7.40. The van der Waals surface area contributed by atoms with Crippen LogP contribution in [0.2, 0.25) is 0 Å². The molecule has 5 unspecified atom stereocenters. The Hall–Kier alpha value is -3.21. The Morgan fingerprint density at radius 2 is 1.69 bits per heavy atom. The van der Waals surface area contributed by atoms with E-state index in [1.807, 2.05) is 12.2 Å². The first-order valence-electron chi connectivity index (χ1n) is 11.1. The molecule has 1 aliphatic heterocycles. The number of anilines is 1. The predicted octanol–water partition coefficient (Wildman–Crippen LogP) is 5.43. The normalized spacial score (nSPS) is 28.4. The smallest absolute Gasteiger partial charge is 0.411 e. The summed E-state index contributed by atoms with van der Waals surface area (Å²) >= 11 is 0. The summed E-state index contributed by atoms with van der Waals surface area (Å²) in [6.45, 7) is 4.36. The van der Waals surface area contributed by atoms with E-state index < -0.39 is 70.1 Å². The lowest BCUT2D eigenvalue weighted by molar-refractivity contribution is -0.288. The molecule has 1 aromatic carbocycles. The van der Waals surface area contributed by atoms with Gasteiger partial charge in [-0.3, -0.25) is 9.69 Å². The second-order valence-corrected chi connectivity index (χ2v) is 9.19. The lowest BCUT2D eigenvalue weighted by atomic mass is 9.72. The van der Waals surface area contributed by atoms with E-state index in [-0.39, 0.29) is 11.8 Å². The lowest BCUT2D eigenvalue weighted by Crippen LogP contribution is -2.55. The van der Waals surface area contributed by atoms with Crippen LogP contribution in [0.15, 0.2) is 66.5 Å². The summed E-state index contributed by atoms with van der Waals surface area (Å²) < 4.78 is 86.3. The predicted molar refractivity (Wildman–Crippen MR) is 118 cm³/mol. The number of rotatable bonds is 5. The fraction of sp³-hybridized carbons (Fsp3) is 0.400. The van der Waals surface area contributed by atoms with Crippen molar-refractivity contribution in [1.82, 2.24) is 0 Å². The highest BCUT2D eigenvalue weighted by Crippen LogP contribution is 2.59. The van der Waals surface area contributed by atoms with Crippen LogP contribution in [-0.4, -0.2) is 39.8 Å². The average molecular weight is 515 g/mol. The third kappa shape index (κ3) is 3.55. The fourth-order valence-electron chi connectivity index (χ4n) is 5.73. The van der Waals surface area contributed by atoms with Crippen molar-refractivity contribution in [2.75, 3.05) is 4.90 Å². The van der Waals surface area contributed by atoms with Crippen LogP contribution in [0.3, 0.4) is 0 Å². The van der Waals surface area contributed by atoms with Crippen LogP contribution in [0.25, 0.3) is 0 Å². The number of carbonyl (C=O) groups is 1. The number of aromatic hydroxyl groups is 1. The zero-order valence-corrected chi connectivity index (χ0v) is 18.9. The van der Waals surface area contributed by atoms with Gasteiger partial charge >= 0.3 is 12.4 Å². The van der Waals surface area contributed by atoms with Crippen molar-refractivity contribution in [2.24, 2.45) is 23.7 Å². The molecule has 11 heteroatoms. The molecular weight excluding hydrogens is 492 g/mol. The molecular formula is C25H23F6NO4. The molecule has 194 valence electrons. The number of benzene rings is 1. The molecule has 2 aliphatic carbocycles. The van der Waals surface area contributed by atoms with E-state index in [0.717, 1.165) is 6.08 Å². The number of amides is 1. The molecule has 1 amide bonds. The molecule has 1 heterocycles. The monoisotopic (exact) mass is 515 g/mol. The van der Waals surface area contributed by atoms with Gasteiger partial charge in [0.05, 0.1) is 11.6 Å². The van der Waals surface area contributed by atoms with Crippen LogP contribution in [-0.2, 0) is 10.2 Å². The van der Waals surface area contributed by atoms with Crippen LogP contribution < -0.4 is 4.90 Å². The van der Waals surface area contributed by atoms with Crippen molar-refractivity contribution in [2.45, 2.75) is 37.3 Å². The van der Waals surface area contributed by atoms with Gasteiger partial charge in [0.1, 0.15) is 17.7 Å². The van der Waals surface area contributed by atoms with Crippen LogP contribution in [0, 0.1) is 23.7 Å². The molecule has 5 atom stereocenters. The highest BCUT2D eigenvalue weighted by molar-refractivity contribution is 6.00. The zero-order valence-electron chi connectivity index (χ0n) is 18.9. The minimum Gasteiger partial charge on any atom is -0.508 e. The Morgan fingerprint density at radius 3 is 2.25 bits per heavy atom. The van der Waals surface area contributed by atoms with Crippen LogP contribution in [0.1, 0.15) is 18.9 Å². The second-order valence-electron chi connectivity index (χ2n) is 9.19. The third-order valence-electron chi connectivity index (χ3n) is 7.40. The molecule has 3 aliphatic rings. The summed E-state index contributed by atoms with van der Waals surface area (Å²) in [6, 6.07) is 1.49. The van der Waals surface area contributed by atoms with Crippen LogP contribution in [0.4, 0.5) is 32.0 Å². The number of hydrogen-bond donors (Lipinski definition) is 3. The average Bonchev–Trinajstić information content (AvgIpc) is 3.45. The molecule has 3 N–H and O–H groups in total. The van der Waals surface area contributed by atoms with E-state index in [1.165, 1.54) is 6.92 Å². The Bertz CT molecular complexity index is 1170. The maximum Gasteiger partial charge on any atom is 0.411 e. The van der Waals surface area contributed by atoms with Gasteiger partial charge in [-0.05, 0) is 60.6 Å². The van der Waals surface area contributed by atoms with Gasteiger partial charge in [-0.25, -0.2) is 0 Å². The van der Waals surface area contributed by atoms with Gasteiger partial charge < -0.3 is 15.3 Å². The number of hydrogen-bond acceptors (Lipinski definition) is 4. The number of allylic oxidation sites excluding steroid dienone is 6. The lowest BCUT2D eigenvalue weighted by Gasteiger charge is -2.39. The first-order chi connectivity index (χ1) is 16.7. The minimum absolute atomic E-state index is 0.164. The molecule has 4 rings (SSSR count). The number of aliphatic hydroxyl groups is 2. The van der Waals surface area contributed by atoms with Crippen molar-refractivity contribution in [3.05, 3.63) is 72.1 Å². The van der Waals surface area contributed by atoms with Gasteiger partial charge in [0, 0.05) is 5.92 Å². The Balaban J connectivity index is 1.88. The largest absolute Gasteiger partial charge is 0.508 e. The number of halogens is 6. The summed E-state index contributed by atoms with van der Waals surface area (Å²) in [6.07, 6.45) is -7.08. The van der Waals surface area contributed by atoms with Crippen molar-refractivity contribution in [1.29, 1.82) is 0 Å². The van der Waals surface area contributed by atoms with Crippen LogP contribution in [0.5, 0.6) is 5.75 Å². The Kier molecular flexibility index (Phi) is 6.06. The van der Waals surface area contributed by atoms with Crippen LogP contribution >= 0.6 is 0 Å². The first kappa shape index (κ1) is 25.9. The molecule has 0 radical (unpaired) electrons. The molecule has 2 bridgehead atoms. The van der Waals surface area contributed by atoms with Gasteiger partial charge in [-0.15, -0.1) is 0 Å². The quantitative estimate of drug-likeness (QED) is 0.211. The fourth-order valence-corrected chi connectivity index (χ4v) is 5.73. The molecule has 0 aromatic heterocycles. The number of aliphatic hydroxyl groups excluding tert-OH is 2. The highest BCUT2D eigenvalue weighted by atomic mass is 19.4. The molecule has 1 aromatic rings. The van der Waals surface area contributed by atoms with Gasteiger partial charge in [0.15, 0.2) is 0 Å². The standard InChI is InChI=1S/C25H23F6NO4/c1-3-16(33)8-4-12(2)23(24(26,27)28,25(29,30)31)15-7-9-18(34)17(11-15)32-21(35)19-13-5-6-14(10-13)20(19)22(32)36/h3-9,11,13-14,19-21,33-35H,2,10H2,1H3/b8-4-,16-3+. The van der Waals surface area contributed by atoms with Crippen molar-refractivity contribution >= 4 is 11.6 Å². The number of alkyl halides is 6. The summed E-state index contributed by atoms with van der Waals surface area (Å²) in [4.78, 5) is 13.8. The number of fused-ring (bicyclic) bond motifs is 5. The molecule has 5 nitrogen and oxygen atoms in total. The topological polar surface area (TPSA) is 81.0 Å². The van der Waals surface area contributed by atoms with Crippen molar-refractivity contribution in [3.8, 4) is 5.75 Å². The van der Waals surface area contributed by atoms with E-state index in [9.17, 15) is 46.5 Å². The van der Waals surface area contributed by atoms with Gasteiger partial charge in [0.25, 0.3) is 0 Å². The van der Waals surface area contributed by atoms with E-state index in [1.54, 1.807) is 0 Å². The summed E-state index contributed by atoms with van der Waals surface area (Å²) in [5, 5.41) is 30.8. The number of phenolic OH excluding ortho intramolecular Hbond substituents is 1. The minimum atomic E-state index is -5.96. The zero-order chi connectivity index (χ0) is 26.8. The van der Waals surface area contributed by atoms with Crippen molar-refractivity contribution < 1.29 is 46.5 Å². The number of carbonyl (C=O) groups excluding carboxylic acids is 1. The summed E-state index contributed by atoms with van der Waals surface area (Å²) in [7, 11) is 0. The van der Waals surface area contributed by atoms with Gasteiger partial charge in [-0.2, -0.15) is 26.3 Å². The van der Waals surface area contributed by atoms with E-state index >= 15 is 0 Å². The molecule has 36 heavy (non-hydrogen) atoms. The molecule has 0 spiro atoms. The number of nitrogens with zero attached hydrogens (tertiary/aromatic N) is 1. The molecule has 1 saturated heterocycles. The Morgan fingerprint density at radius 1 is 1.08 bits per heavy atom. The second kappa shape index (κ2) is 8.43. The number of phenols is 1. The SMILES string of the molecule is C=C(/C=C\C(O)=C/C)C(c1ccc(O)c(N2C(=O)C3C4C=CC(C4)C3C2O)c1)(C(F)(F)F)C(F)(F)F. The van der Waals surface area contributed by atoms with Gasteiger partial charge in [-0.1, -0.05) is 30.9 Å². The Labute approximate surface area is 202 Å². The molecule has 2 fully saturated rings. The maximum atomic E-state index is 14.4. The molecule has 1 saturated carbocycles. The van der Waals surface area contributed by atoms with E-state index in [0.29, 0.717) is 41.7 Å². The summed E-state index contributed by atoms with van der Waals surface area (Å²) in [5.74, 6) is -3.67. The van der Waals surface area contributed by atoms with E-state index in [4.69, 9.17) is 0 Å². The summed E-state index contributed by atoms with van der Waals surface area (Å²) in [5.41, 5.74) is -8.11. The maximum absolute atomic E-state index is 14.4. The van der Waals surface area contributed by atoms with Crippen molar-refractivity contribution in [3.63, 3.8) is 0 Å².